The summed E-state index contributed by atoms with van der Waals surface area (Å²) in [4.78, 5) is 3.95. The number of aromatic nitrogens is 1. The zero-order chi connectivity index (χ0) is 16.1. The second-order valence-electron chi connectivity index (χ2n) is 5.66. The first kappa shape index (κ1) is 16.0. The average Bonchev–Trinajstić information content (AvgIpc) is 2.57. The van der Waals surface area contributed by atoms with Crippen molar-refractivity contribution in [2.24, 2.45) is 0 Å². The van der Waals surface area contributed by atoms with E-state index in [0.29, 0.717) is 13.1 Å². The van der Waals surface area contributed by atoms with Crippen LogP contribution < -0.4 is 4.74 Å². The fraction of sp³-hybridized carbons (Fsp3) is 0.353. The van der Waals surface area contributed by atoms with Crippen molar-refractivity contribution in [2.75, 3.05) is 13.1 Å². The number of hydrogen-bond donors (Lipinski definition) is 0. The van der Waals surface area contributed by atoms with E-state index in [1.54, 1.807) is 28.8 Å². The number of sulfonamides is 1. The lowest BCUT2D eigenvalue weighted by Crippen LogP contribution is -2.44. The summed E-state index contributed by atoms with van der Waals surface area (Å²) in [5.41, 5.74) is 0.810. The van der Waals surface area contributed by atoms with E-state index in [4.69, 9.17) is 4.74 Å². The maximum Gasteiger partial charge on any atom is 0.218 e. The Kier molecular flexibility index (Phi) is 4.93. The first-order valence-corrected chi connectivity index (χ1v) is 9.33. The summed E-state index contributed by atoms with van der Waals surface area (Å²) in [6.07, 6.45) is 4.89. The molecule has 0 spiro atoms. The predicted molar refractivity (Wildman–Crippen MR) is 88.5 cm³/mol. The molecule has 1 aromatic heterocycles. The van der Waals surface area contributed by atoms with Gasteiger partial charge in [0.05, 0.1) is 12.3 Å². The fourth-order valence-electron chi connectivity index (χ4n) is 2.74. The largest absolute Gasteiger partial charge is 0.489 e. The third kappa shape index (κ3) is 4.30. The number of pyridine rings is 1. The highest BCUT2D eigenvalue weighted by atomic mass is 32.2. The molecule has 0 aliphatic carbocycles. The van der Waals surface area contributed by atoms with Crippen molar-refractivity contribution in [1.29, 1.82) is 0 Å². The van der Waals surface area contributed by atoms with Crippen molar-refractivity contribution >= 4 is 10.0 Å². The molecule has 23 heavy (non-hydrogen) atoms. The standard InChI is InChI=1S/C17H20N2O3S/c20-23(21,14-15-5-2-1-3-6-15)19-12-4-7-17(13-19)22-16-8-10-18-11-9-16/h1-3,5-6,8-11,17H,4,7,12-14H2. The highest BCUT2D eigenvalue weighted by Gasteiger charge is 2.30. The molecule has 2 heterocycles. The summed E-state index contributed by atoms with van der Waals surface area (Å²) >= 11 is 0. The van der Waals surface area contributed by atoms with Gasteiger partial charge in [0.15, 0.2) is 0 Å². The number of hydrogen-bond acceptors (Lipinski definition) is 4. The Bertz CT molecular complexity index is 720. The molecular weight excluding hydrogens is 312 g/mol. The molecule has 1 unspecified atom stereocenters. The van der Waals surface area contributed by atoms with Crippen molar-refractivity contribution < 1.29 is 13.2 Å². The fourth-order valence-corrected chi connectivity index (χ4v) is 4.34. The van der Waals surface area contributed by atoms with Crippen LogP contribution in [-0.2, 0) is 15.8 Å². The Morgan fingerprint density at radius 2 is 1.87 bits per heavy atom. The second-order valence-corrected chi connectivity index (χ2v) is 7.63. The van der Waals surface area contributed by atoms with Gasteiger partial charge in [0.1, 0.15) is 11.9 Å². The average molecular weight is 332 g/mol. The number of nitrogens with zero attached hydrogens (tertiary/aromatic N) is 2. The lowest BCUT2D eigenvalue weighted by molar-refractivity contribution is 0.129. The summed E-state index contributed by atoms with van der Waals surface area (Å²) in [5.74, 6) is 0.767. The van der Waals surface area contributed by atoms with Gasteiger partial charge in [-0.15, -0.1) is 0 Å². The highest BCUT2D eigenvalue weighted by Crippen LogP contribution is 2.21. The Hall–Kier alpha value is -1.92. The quantitative estimate of drug-likeness (QED) is 0.844. The van der Waals surface area contributed by atoms with Crippen LogP contribution in [0, 0.1) is 0 Å². The van der Waals surface area contributed by atoms with Crippen LogP contribution in [0.15, 0.2) is 54.9 Å². The summed E-state index contributed by atoms with van der Waals surface area (Å²) < 4.78 is 32.7. The topological polar surface area (TPSA) is 59.5 Å². The van der Waals surface area contributed by atoms with Crippen LogP contribution in [0.5, 0.6) is 5.75 Å². The van der Waals surface area contributed by atoms with E-state index in [1.165, 1.54) is 0 Å². The van der Waals surface area contributed by atoms with Gasteiger partial charge in [0.25, 0.3) is 0 Å². The molecule has 1 saturated heterocycles. The van der Waals surface area contributed by atoms with Gasteiger partial charge >= 0.3 is 0 Å². The molecule has 1 fully saturated rings. The van der Waals surface area contributed by atoms with Gasteiger partial charge in [0.2, 0.25) is 10.0 Å². The smallest absolute Gasteiger partial charge is 0.218 e. The molecular formula is C17H20N2O3S. The van der Waals surface area contributed by atoms with Crippen LogP contribution in [0.2, 0.25) is 0 Å². The minimum Gasteiger partial charge on any atom is -0.489 e. The molecule has 5 nitrogen and oxygen atoms in total. The first-order chi connectivity index (χ1) is 11.1. The van der Waals surface area contributed by atoms with Crippen molar-refractivity contribution in [3.8, 4) is 5.75 Å². The molecule has 0 bridgehead atoms. The predicted octanol–water partition coefficient (Wildman–Crippen LogP) is 2.45. The zero-order valence-electron chi connectivity index (χ0n) is 12.8. The Morgan fingerprint density at radius 1 is 1.13 bits per heavy atom. The third-order valence-corrected chi connectivity index (χ3v) is 5.70. The van der Waals surface area contributed by atoms with Crippen molar-refractivity contribution in [3.63, 3.8) is 0 Å². The Balaban J connectivity index is 1.65. The molecule has 1 aliphatic rings. The van der Waals surface area contributed by atoms with Gasteiger partial charge in [-0.1, -0.05) is 30.3 Å². The van der Waals surface area contributed by atoms with Crippen LogP contribution in [-0.4, -0.2) is 36.9 Å². The molecule has 1 atom stereocenters. The van der Waals surface area contributed by atoms with Gasteiger partial charge in [-0.05, 0) is 30.5 Å². The van der Waals surface area contributed by atoms with Crippen molar-refractivity contribution in [1.82, 2.24) is 9.29 Å². The van der Waals surface area contributed by atoms with E-state index in [2.05, 4.69) is 4.98 Å². The van der Waals surface area contributed by atoms with Gasteiger partial charge in [0, 0.05) is 18.9 Å². The number of benzene rings is 1. The number of ether oxygens (including phenoxy) is 1. The highest BCUT2D eigenvalue weighted by molar-refractivity contribution is 7.88. The lowest BCUT2D eigenvalue weighted by atomic mass is 10.1. The molecule has 122 valence electrons. The number of rotatable bonds is 5. The molecule has 3 rings (SSSR count). The van der Waals surface area contributed by atoms with Crippen molar-refractivity contribution in [2.45, 2.75) is 24.7 Å². The van der Waals surface area contributed by atoms with Gasteiger partial charge in [-0.2, -0.15) is 4.31 Å². The van der Waals surface area contributed by atoms with E-state index in [-0.39, 0.29) is 11.9 Å². The van der Waals surface area contributed by atoms with Crippen LogP contribution in [0.4, 0.5) is 0 Å². The van der Waals surface area contributed by atoms with Gasteiger partial charge < -0.3 is 4.74 Å². The molecule has 0 saturated carbocycles. The van der Waals surface area contributed by atoms with Crippen LogP contribution in [0.25, 0.3) is 0 Å². The summed E-state index contributed by atoms with van der Waals surface area (Å²) in [5, 5.41) is 0. The van der Waals surface area contributed by atoms with E-state index < -0.39 is 10.0 Å². The molecule has 1 aromatic carbocycles. The van der Waals surface area contributed by atoms with Crippen LogP contribution >= 0.6 is 0 Å². The molecule has 2 aromatic rings. The van der Waals surface area contributed by atoms with E-state index in [9.17, 15) is 8.42 Å². The summed E-state index contributed by atoms with van der Waals surface area (Å²) in [6.45, 7) is 0.961. The molecule has 6 heteroatoms. The zero-order valence-corrected chi connectivity index (χ0v) is 13.7. The first-order valence-electron chi connectivity index (χ1n) is 7.72. The maximum atomic E-state index is 12.6. The molecule has 0 amide bonds. The van der Waals surface area contributed by atoms with Gasteiger partial charge in [-0.25, -0.2) is 8.42 Å². The minimum absolute atomic E-state index is 0.0375. The summed E-state index contributed by atoms with van der Waals surface area (Å²) in [6, 6.07) is 12.9. The Labute approximate surface area is 137 Å². The van der Waals surface area contributed by atoms with Crippen molar-refractivity contribution in [3.05, 3.63) is 60.4 Å². The monoisotopic (exact) mass is 332 g/mol. The van der Waals surface area contributed by atoms with E-state index in [0.717, 1.165) is 24.2 Å². The minimum atomic E-state index is -3.32. The molecule has 0 N–H and O–H groups in total. The van der Waals surface area contributed by atoms with E-state index in [1.807, 2.05) is 30.3 Å². The van der Waals surface area contributed by atoms with Crippen LogP contribution in [0.3, 0.4) is 0 Å². The van der Waals surface area contributed by atoms with Crippen LogP contribution in [0.1, 0.15) is 18.4 Å². The van der Waals surface area contributed by atoms with Gasteiger partial charge in [-0.3, -0.25) is 4.98 Å². The second kappa shape index (κ2) is 7.10. The van der Waals surface area contributed by atoms with E-state index >= 15 is 0 Å². The molecule has 1 aliphatic heterocycles. The Morgan fingerprint density at radius 3 is 2.61 bits per heavy atom. The molecule has 0 radical (unpaired) electrons. The lowest BCUT2D eigenvalue weighted by Gasteiger charge is -2.32. The SMILES string of the molecule is O=S(=O)(Cc1ccccc1)N1CCCC(Oc2ccncc2)C1. The third-order valence-electron chi connectivity index (χ3n) is 3.88. The maximum absolute atomic E-state index is 12.6. The number of piperidine rings is 1. The summed E-state index contributed by atoms with van der Waals surface area (Å²) in [7, 11) is -3.32. The normalized spacial score (nSPS) is 19.4.